The minimum absolute atomic E-state index is 0.0952. The Bertz CT molecular complexity index is 498. The Balaban J connectivity index is 2.20. The number of allylic oxidation sites excluding steroid dienone is 1. The summed E-state index contributed by atoms with van der Waals surface area (Å²) in [6.45, 7) is 0.0952. The van der Waals surface area contributed by atoms with Gasteiger partial charge in [0, 0.05) is 10.9 Å². The minimum atomic E-state index is 0.0952. The summed E-state index contributed by atoms with van der Waals surface area (Å²) in [4.78, 5) is 0. The fraction of sp³-hybridized carbons (Fsp3) is 0.471. The Labute approximate surface area is 129 Å². The number of alkyl halides is 1. The first kappa shape index (κ1) is 15.1. The maximum Gasteiger partial charge on any atom is 0.174 e. The van der Waals surface area contributed by atoms with Crippen LogP contribution in [0.5, 0.6) is 5.75 Å². The summed E-state index contributed by atoms with van der Waals surface area (Å²) in [7, 11) is 0. The lowest BCUT2D eigenvalue weighted by Crippen LogP contribution is -2.10. The van der Waals surface area contributed by atoms with Crippen LogP contribution in [0.1, 0.15) is 37.7 Å². The van der Waals surface area contributed by atoms with Crippen molar-refractivity contribution in [1.82, 2.24) is 0 Å². The van der Waals surface area contributed by atoms with Gasteiger partial charge in [-0.2, -0.15) is 5.26 Å². The quantitative estimate of drug-likeness (QED) is 0.714. The summed E-state index contributed by atoms with van der Waals surface area (Å²) in [5.41, 5.74) is 2.51. The molecule has 1 aromatic carbocycles. The Morgan fingerprint density at radius 3 is 2.75 bits per heavy atom. The topological polar surface area (TPSA) is 33.0 Å². The van der Waals surface area contributed by atoms with E-state index in [0.29, 0.717) is 5.92 Å². The van der Waals surface area contributed by atoms with Gasteiger partial charge in [-0.05, 0) is 24.8 Å². The van der Waals surface area contributed by atoms with Gasteiger partial charge in [0.2, 0.25) is 0 Å². The zero-order chi connectivity index (χ0) is 14.2. The SMILES string of the molecule is N#CCOc1ccccc1/C=C(/CBr)C1CCCCC1. The molecule has 0 amide bonds. The fourth-order valence-corrected chi connectivity index (χ4v) is 3.40. The number of ether oxygens (including phenoxy) is 1. The molecule has 0 bridgehead atoms. The lowest BCUT2D eigenvalue weighted by molar-refractivity contribution is 0.367. The first-order valence-electron chi connectivity index (χ1n) is 7.20. The van der Waals surface area contributed by atoms with Gasteiger partial charge in [-0.3, -0.25) is 0 Å². The minimum Gasteiger partial charge on any atom is -0.478 e. The Kier molecular flexibility index (Phi) is 6.14. The van der Waals surface area contributed by atoms with Crippen molar-refractivity contribution in [3.63, 3.8) is 0 Å². The van der Waals surface area contributed by atoms with E-state index in [9.17, 15) is 0 Å². The molecule has 2 nitrogen and oxygen atoms in total. The fourth-order valence-electron chi connectivity index (χ4n) is 2.78. The highest BCUT2D eigenvalue weighted by Gasteiger charge is 2.17. The molecule has 0 spiro atoms. The van der Waals surface area contributed by atoms with Crippen LogP contribution >= 0.6 is 15.9 Å². The molecule has 0 saturated heterocycles. The highest BCUT2D eigenvalue weighted by atomic mass is 79.9. The molecule has 0 aromatic heterocycles. The van der Waals surface area contributed by atoms with Crippen molar-refractivity contribution in [1.29, 1.82) is 5.26 Å². The largest absolute Gasteiger partial charge is 0.478 e. The van der Waals surface area contributed by atoms with E-state index < -0.39 is 0 Å². The molecule has 0 aliphatic heterocycles. The summed E-state index contributed by atoms with van der Waals surface area (Å²) in [5.74, 6) is 1.48. The summed E-state index contributed by atoms with van der Waals surface area (Å²) in [6.07, 6.45) is 8.85. The molecule has 1 aliphatic carbocycles. The van der Waals surface area contributed by atoms with Crippen LogP contribution in [0.25, 0.3) is 6.08 Å². The van der Waals surface area contributed by atoms with Crippen LogP contribution in [0.4, 0.5) is 0 Å². The zero-order valence-corrected chi connectivity index (χ0v) is 13.2. The molecule has 0 heterocycles. The van der Waals surface area contributed by atoms with Crippen molar-refractivity contribution in [2.24, 2.45) is 5.92 Å². The molecule has 2 rings (SSSR count). The van der Waals surface area contributed by atoms with E-state index in [1.165, 1.54) is 37.7 Å². The normalized spacial score (nSPS) is 16.7. The molecule has 0 unspecified atom stereocenters. The van der Waals surface area contributed by atoms with E-state index in [-0.39, 0.29) is 6.61 Å². The van der Waals surface area contributed by atoms with Crippen molar-refractivity contribution in [2.75, 3.05) is 11.9 Å². The van der Waals surface area contributed by atoms with Crippen LogP contribution in [0.15, 0.2) is 29.8 Å². The maximum atomic E-state index is 8.65. The van der Waals surface area contributed by atoms with Gasteiger partial charge in [0.15, 0.2) is 6.61 Å². The van der Waals surface area contributed by atoms with Crippen LogP contribution < -0.4 is 4.74 Å². The highest BCUT2D eigenvalue weighted by Crippen LogP contribution is 2.33. The average Bonchev–Trinajstić information content (AvgIpc) is 2.52. The molecule has 0 radical (unpaired) electrons. The predicted octanol–water partition coefficient (Wildman–Crippen LogP) is 4.95. The Morgan fingerprint density at radius 1 is 1.30 bits per heavy atom. The lowest BCUT2D eigenvalue weighted by Gasteiger charge is -2.23. The molecule has 1 fully saturated rings. The summed E-state index contributed by atoms with van der Waals surface area (Å²) < 4.78 is 5.50. The van der Waals surface area contributed by atoms with Gasteiger partial charge >= 0.3 is 0 Å². The van der Waals surface area contributed by atoms with E-state index in [0.717, 1.165) is 16.6 Å². The van der Waals surface area contributed by atoms with Gasteiger partial charge in [-0.15, -0.1) is 0 Å². The van der Waals surface area contributed by atoms with E-state index in [1.54, 1.807) is 0 Å². The van der Waals surface area contributed by atoms with E-state index in [1.807, 2.05) is 24.3 Å². The molecule has 0 N–H and O–H groups in total. The summed E-state index contributed by atoms with van der Waals surface area (Å²) in [6, 6.07) is 9.96. The number of hydrogen-bond donors (Lipinski definition) is 0. The second-order valence-corrected chi connectivity index (χ2v) is 5.73. The standard InChI is InChI=1S/C17H20BrNO/c18-13-16(14-6-2-1-3-7-14)12-15-8-4-5-9-17(15)20-11-10-19/h4-5,8-9,12,14H,1-3,6-7,11,13H2/b16-12-. The van der Waals surface area contributed by atoms with Gasteiger partial charge in [-0.25, -0.2) is 0 Å². The molecular formula is C17H20BrNO. The van der Waals surface area contributed by atoms with Crippen molar-refractivity contribution < 1.29 is 4.74 Å². The number of para-hydroxylation sites is 1. The number of benzene rings is 1. The number of halogens is 1. The number of nitrogens with zero attached hydrogens (tertiary/aromatic N) is 1. The Morgan fingerprint density at radius 2 is 2.05 bits per heavy atom. The predicted molar refractivity (Wildman–Crippen MR) is 85.9 cm³/mol. The molecule has 1 saturated carbocycles. The molecule has 1 aromatic rings. The average molecular weight is 334 g/mol. The third-order valence-electron chi connectivity index (χ3n) is 3.84. The number of hydrogen-bond acceptors (Lipinski definition) is 2. The number of nitriles is 1. The molecule has 3 heteroatoms. The maximum absolute atomic E-state index is 8.65. The molecular weight excluding hydrogens is 314 g/mol. The first-order chi connectivity index (χ1) is 9.85. The van der Waals surface area contributed by atoms with Crippen LogP contribution in [0.2, 0.25) is 0 Å². The van der Waals surface area contributed by atoms with Crippen LogP contribution in [0, 0.1) is 17.2 Å². The summed E-state index contributed by atoms with van der Waals surface area (Å²) >= 11 is 3.62. The van der Waals surface area contributed by atoms with Crippen LogP contribution in [-0.4, -0.2) is 11.9 Å². The van der Waals surface area contributed by atoms with Gasteiger partial charge in [0.1, 0.15) is 11.8 Å². The highest BCUT2D eigenvalue weighted by molar-refractivity contribution is 9.09. The van der Waals surface area contributed by atoms with Gasteiger partial charge in [0.05, 0.1) is 0 Å². The van der Waals surface area contributed by atoms with Crippen LogP contribution in [-0.2, 0) is 0 Å². The summed E-state index contributed by atoms with van der Waals surface area (Å²) in [5, 5.41) is 9.56. The molecule has 106 valence electrons. The van der Waals surface area contributed by atoms with Crippen molar-refractivity contribution in [3.8, 4) is 11.8 Å². The van der Waals surface area contributed by atoms with E-state index in [4.69, 9.17) is 10.00 Å². The van der Waals surface area contributed by atoms with Crippen molar-refractivity contribution in [2.45, 2.75) is 32.1 Å². The lowest BCUT2D eigenvalue weighted by atomic mass is 9.84. The third kappa shape index (κ3) is 4.11. The van der Waals surface area contributed by atoms with Crippen LogP contribution in [0.3, 0.4) is 0 Å². The molecule has 20 heavy (non-hydrogen) atoms. The second kappa shape index (κ2) is 8.11. The van der Waals surface area contributed by atoms with E-state index in [2.05, 4.69) is 28.1 Å². The van der Waals surface area contributed by atoms with Gasteiger partial charge in [-0.1, -0.05) is 65.0 Å². The Hall–Kier alpha value is -1.27. The van der Waals surface area contributed by atoms with E-state index >= 15 is 0 Å². The zero-order valence-electron chi connectivity index (χ0n) is 11.6. The monoisotopic (exact) mass is 333 g/mol. The van der Waals surface area contributed by atoms with Gasteiger partial charge < -0.3 is 4.74 Å². The second-order valence-electron chi connectivity index (χ2n) is 5.17. The molecule has 0 atom stereocenters. The third-order valence-corrected chi connectivity index (χ3v) is 4.48. The van der Waals surface area contributed by atoms with Crippen molar-refractivity contribution in [3.05, 3.63) is 35.4 Å². The molecule has 1 aliphatic rings. The smallest absolute Gasteiger partial charge is 0.174 e. The number of rotatable bonds is 5. The van der Waals surface area contributed by atoms with Crippen molar-refractivity contribution >= 4 is 22.0 Å². The van der Waals surface area contributed by atoms with Gasteiger partial charge in [0.25, 0.3) is 0 Å². The first-order valence-corrected chi connectivity index (χ1v) is 8.32.